The molecule has 1 N–H and O–H groups in total. The van der Waals surface area contributed by atoms with Crippen LogP contribution in [0.25, 0.3) is 11.4 Å². The number of alkyl halides is 3. The van der Waals surface area contributed by atoms with Crippen molar-refractivity contribution in [3.63, 3.8) is 0 Å². The van der Waals surface area contributed by atoms with Crippen molar-refractivity contribution in [2.75, 3.05) is 20.2 Å². The molecule has 1 aromatic heterocycles. The van der Waals surface area contributed by atoms with E-state index < -0.39 is 23.0 Å². The summed E-state index contributed by atoms with van der Waals surface area (Å²) >= 11 is 0. The molecule has 3 rings (SSSR count). The van der Waals surface area contributed by atoms with Gasteiger partial charge in [0.2, 0.25) is 0 Å². The van der Waals surface area contributed by atoms with Crippen molar-refractivity contribution in [2.45, 2.75) is 38.6 Å². The molecule has 5 nitrogen and oxygen atoms in total. The average molecular weight is 381 g/mol. The lowest BCUT2D eigenvalue weighted by Crippen LogP contribution is -2.38. The zero-order valence-electron chi connectivity index (χ0n) is 15.3. The maximum atomic E-state index is 13.2. The number of rotatable bonds is 4. The quantitative estimate of drug-likeness (QED) is 0.882. The molecular weight excluding hydrogens is 359 g/mol. The molecule has 0 amide bonds. The molecule has 1 aliphatic heterocycles. The van der Waals surface area contributed by atoms with Gasteiger partial charge in [0.25, 0.3) is 5.56 Å². The Morgan fingerprint density at radius 1 is 1.33 bits per heavy atom. The van der Waals surface area contributed by atoms with Gasteiger partial charge < -0.3 is 9.72 Å². The van der Waals surface area contributed by atoms with E-state index in [-0.39, 0.29) is 11.9 Å². The van der Waals surface area contributed by atoms with Gasteiger partial charge in [-0.15, -0.1) is 0 Å². The highest BCUT2D eigenvalue weighted by atomic mass is 19.4. The molecule has 0 aliphatic carbocycles. The Hall–Kier alpha value is -2.19. The zero-order valence-corrected chi connectivity index (χ0v) is 15.3. The van der Waals surface area contributed by atoms with Crippen molar-refractivity contribution in [3.05, 3.63) is 51.4 Å². The molecule has 0 saturated carbocycles. The van der Waals surface area contributed by atoms with E-state index in [1.165, 1.54) is 0 Å². The number of ether oxygens (including phenoxy) is 1. The average Bonchev–Trinajstić information content (AvgIpc) is 2.63. The summed E-state index contributed by atoms with van der Waals surface area (Å²) in [5, 5.41) is 0. The Balaban J connectivity index is 1.97. The Bertz CT molecular complexity index is 864. The molecule has 2 heterocycles. The first-order valence-electron chi connectivity index (χ1n) is 8.81. The lowest BCUT2D eigenvalue weighted by atomic mass is 10.0. The predicted octanol–water partition coefficient (Wildman–Crippen LogP) is 3.37. The molecule has 2 aromatic rings. The van der Waals surface area contributed by atoms with Gasteiger partial charge in [-0.25, -0.2) is 4.98 Å². The van der Waals surface area contributed by atoms with Gasteiger partial charge in [0.15, 0.2) is 5.69 Å². The number of hydrogen-bond donors (Lipinski definition) is 1. The van der Waals surface area contributed by atoms with Crippen LogP contribution < -0.4 is 5.56 Å². The molecule has 0 spiro atoms. The smallest absolute Gasteiger partial charge is 0.380 e. The minimum Gasteiger partial charge on any atom is -0.380 e. The molecular formula is C19H22F3N3O2. The van der Waals surface area contributed by atoms with E-state index in [2.05, 4.69) is 14.9 Å². The highest BCUT2D eigenvalue weighted by Crippen LogP contribution is 2.31. The van der Waals surface area contributed by atoms with Crippen LogP contribution in [0.15, 0.2) is 29.1 Å². The second-order valence-corrected chi connectivity index (χ2v) is 6.78. The van der Waals surface area contributed by atoms with Gasteiger partial charge in [0, 0.05) is 31.3 Å². The number of aromatic amines is 1. The van der Waals surface area contributed by atoms with E-state index in [1.807, 2.05) is 12.1 Å². The number of aromatic nitrogens is 2. The number of nitrogens with zero attached hydrogens (tertiary/aromatic N) is 2. The number of halogens is 3. The van der Waals surface area contributed by atoms with Crippen LogP contribution in [0.4, 0.5) is 13.2 Å². The third kappa shape index (κ3) is 4.39. The van der Waals surface area contributed by atoms with Crippen molar-refractivity contribution in [3.8, 4) is 11.4 Å². The maximum absolute atomic E-state index is 13.2. The van der Waals surface area contributed by atoms with Crippen LogP contribution in [-0.2, 0) is 17.5 Å². The summed E-state index contributed by atoms with van der Waals surface area (Å²) in [6.45, 7) is 3.33. The molecule has 1 aromatic carbocycles. The monoisotopic (exact) mass is 381 g/mol. The molecule has 1 fully saturated rings. The van der Waals surface area contributed by atoms with Gasteiger partial charge in [0.05, 0.1) is 6.10 Å². The van der Waals surface area contributed by atoms with Crippen molar-refractivity contribution in [1.29, 1.82) is 0 Å². The van der Waals surface area contributed by atoms with Gasteiger partial charge >= 0.3 is 6.18 Å². The van der Waals surface area contributed by atoms with E-state index >= 15 is 0 Å². The number of benzene rings is 1. The van der Waals surface area contributed by atoms with Crippen LogP contribution in [0.3, 0.4) is 0 Å². The first kappa shape index (κ1) is 19.6. The fourth-order valence-electron chi connectivity index (χ4n) is 3.42. The first-order valence-corrected chi connectivity index (χ1v) is 8.81. The SMILES string of the molecule is COC1CCCN(Cc2ccccc2-c2nc(C(F)(F)F)c(C)c(=O)[nH]2)C1. The van der Waals surface area contributed by atoms with Crippen LogP contribution in [0.2, 0.25) is 0 Å². The van der Waals surface area contributed by atoms with Crippen molar-refractivity contribution < 1.29 is 17.9 Å². The van der Waals surface area contributed by atoms with Crippen LogP contribution in [0, 0.1) is 6.92 Å². The summed E-state index contributed by atoms with van der Waals surface area (Å²) in [7, 11) is 1.68. The van der Waals surface area contributed by atoms with Crippen molar-refractivity contribution in [1.82, 2.24) is 14.9 Å². The van der Waals surface area contributed by atoms with E-state index in [4.69, 9.17) is 4.74 Å². The number of nitrogens with one attached hydrogen (secondary N) is 1. The van der Waals surface area contributed by atoms with Gasteiger partial charge in [-0.3, -0.25) is 9.69 Å². The minimum atomic E-state index is -4.68. The first-order chi connectivity index (χ1) is 12.8. The topological polar surface area (TPSA) is 58.2 Å². The van der Waals surface area contributed by atoms with Gasteiger partial charge in [-0.1, -0.05) is 24.3 Å². The van der Waals surface area contributed by atoms with Crippen LogP contribution in [0.1, 0.15) is 29.7 Å². The fourth-order valence-corrected chi connectivity index (χ4v) is 3.42. The largest absolute Gasteiger partial charge is 0.433 e. The van der Waals surface area contributed by atoms with Gasteiger partial charge in [-0.05, 0) is 31.9 Å². The summed E-state index contributed by atoms with van der Waals surface area (Å²) in [6, 6.07) is 7.08. The van der Waals surface area contributed by atoms with Crippen LogP contribution in [0.5, 0.6) is 0 Å². The van der Waals surface area contributed by atoms with Gasteiger partial charge in [0.1, 0.15) is 5.82 Å². The third-order valence-corrected chi connectivity index (χ3v) is 4.88. The molecule has 0 bridgehead atoms. The molecule has 27 heavy (non-hydrogen) atoms. The molecule has 1 aliphatic rings. The number of hydrogen-bond acceptors (Lipinski definition) is 4. The number of likely N-dealkylation sites (tertiary alicyclic amines) is 1. The van der Waals surface area contributed by atoms with E-state index in [0.717, 1.165) is 38.4 Å². The highest BCUT2D eigenvalue weighted by molar-refractivity contribution is 5.60. The number of piperidine rings is 1. The van der Waals surface area contributed by atoms with Crippen LogP contribution >= 0.6 is 0 Å². The standard InChI is InChI=1S/C19H22F3N3O2/c1-12-16(19(20,21)22)23-17(24-18(12)26)15-8-4-3-6-13(15)10-25-9-5-7-14(11-25)27-2/h3-4,6,8,14H,5,7,9-11H2,1-2H3,(H,23,24,26). The van der Waals surface area contributed by atoms with Crippen LogP contribution in [-0.4, -0.2) is 41.2 Å². The van der Waals surface area contributed by atoms with Crippen molar-refractivity contribution in [2.24, 2.45) is 0 Å². The highest BCUT2D eigenvalue weighted by Gasteiger charge is 2.36. The summed E-state index contributed by atoms with van der Waals surface area (Å²) in [4.78, 5) is 20.5. The summed E-state index contributed by atoms with van der Waals surface area (Å²) in [5.74, 6) is -0.0613. The number of methoxy groups -OCH3 is 1. The summed E-state index contributed by atoms with van der Waals surface area (Å²) in [5.41, 5.74) is -1.04. The lowest BCUT2D eigenvalue weighted by molar-refractivity contribution is -0.141. The molecule has 1 atom stereocenters. The molecule has 1 saturated heterocycles. The molecule has 146 valence electrons. The van der Waals surface area contributed by atoms with E-state index in [0.29, 0.717) is 12.1 Å². The Labute approximate surface area is 155 Å². The fraction of sp³-hybridized carbons (Fsp3) is 0.474. The van der Waals surface area contributed by atoms with Crippen molar-refractivity contribution >= 4 is 0 Å². The molecule has 8 heteroatoms. The summed E-state index contributed by atoms with van der Waals surface area (Å²) in [6.07, 6.45) is -2.53. The third-order valence-electron chi connectivity index (χ3n) is 4.88. The Kier molecular flexibility index (Phi) is 5.67. The lowest BCUT2D eigenvalue weighted by Gasteiger charge is -2.32. The number of H-pyrrole nitrogens is 1. The molecule has 0 radical (unpaired) electrons. The molecule has 1 unspecified atom stereocenters. The Morgan fingerprint density at radius 3 is 2.78 bits per heavy atom. The van der Waals surface area contributed by atoms with E-state index in [9.17, 15) is 18.0 Å². The second kappa shape index (κ2) is 7.82. The van der Waals surface area contributed by atoms with Gasteiger partial charge in [-0.2, -0.15) is 13.2 Å². The maximum Gasteiger partial charge on any atom is 0.433 e. The second-order valence-electron chi connectivity index (χ2n) is 6.78. The van der Waals surface area contributed by atoms with E-state index in [1.54, 1.807) is 19.2 Å². The predicted molar refractivity (Wildman–Crippen MR) is 95.3 cm³/mol. The normalized spacial score (nSPS) is 18.6. The minimum absolute atomic E-state index is 0.0613. The zero-order chi connectivity index (χ0) is 19.6. The summed E-state index contributed by atoms with van der Waals surface area (Å²) < 4.78 is 45.2. The Morgan fingerprint density at radius 2 is 2.07 bits per heavy atom.